The van der Waals surface area contributed by atoms with Crippen LogP contribution in [0.5, 0.6) is 0 Å². The molecule has 0 saturated heterocycles. The third kappa shape index (κ3) is 1.15. The molecule has 0 bridgehead atoms. The molecule has 68 valence electrons. The quantitative estimate of drug-likeness (QED) is 0.608. The van der Waals surface area contributed by atoms with Gasteiger partial charge < -0.3 is 5.32 Å². The molecule has 3 heteroatoms. The van der Waals surface area contributed by atoms with Gasteiger partial charge in [0.2, 0.25) is 5.91 Å². The van der Waals surface area contributed by atoms with Gasteiger partial charge in [0, 0.05) is 10.6 Å². The molecule has 1 aromatic carbocycles. The normalized spacial score (nSPS) is 18.2. The van der Waals surface area contributed by atoms with Crippen molar-refractivity contribution in [2.24, 2.45) is 0 Å². The molecule has 0 spiro atoms. The Morgan fingerprint density at radius 1 is 1.38 bits per heavy atom. The summed E-state index contributed by atoms with van der Waals surface area (Å²) in [5.74, 6) is 0.0569. The lowest BCUT2D eigenvalue weighted by atomic mass is 9.86. The van der Waals surface area contributed by atoms with Gasteiger partial charge in [-0.3, -0.25) is 4.79 Å². The monoisotopic (exact) mass is 193 g/mol. The maximum absolute atomic E-state index is 11.5. The number of anilines is 1. The van der Waals surface area contributed by atoms with Crippen LogP contribution in [0.1, 0.15) is 19.4 Å². The Morgan fingerprint density at radius 2 is 2.08 bits per heavy atom. The summed E-state index contributed by atoms with van der Waals surface area (Å²) in [5, 5.41) is 2.84. The van der Waals surface area contributed by atoms with Crippen molar-refractivity contribution in [3.05, 3.63) is 23.8 Å². The molecule has 2 nitrogen and oxygen atoms in total. The number of hydrogen-bond acceptors (Lipinski definition) is 2. The number of hydrogen-bond donors (Lipinski definition) is 2. The Morgan fingerprint density at radius 3 is 2.77 bits per heavy atom. The molecule has 0 radical (unpaired) electrons. The van der Waals surface area contributed by atoms with E-state index in [0.29, 0.717) is 0 Å². The molecule has 1 aliphatic rings. The number of fused-ring (bicyclic) bond motifs is 1. The second-order valence-corrected chi connectivity index (χ2v) is 4.33. The minimum absolute atomic E-state index is 0.0569. The summed E-state index contributed by atoms with van der Waals surface area (Å²) < 4.78 is 0. The van der Waals surface area contributed by atoms with Crippen LogP contribution in [0.3, 0.4) is 0 Å². The Kier molecular flexibility index (Phi) is 1.67. The lowest BCUT2D eigenvalue weighted by Crippen LogP contribution is -2.26. The van der Waals surface area contributed by atoms with Crippen LogP contribution in [0.2, 0.25) is 0 Å². The van der Waals surface area contributed by atoms with E-state index in [2.05, 4.69) is 17.9 Å². The number of carbonyl (C=O) groups excluding carboxylic acids is 1. The van der Waals surface area contributed by atoms with Crippen molar-refractivity contribution in [3.8, 4) is 0 Å². The maximum atomic E-state index is 11.5. The zero-order chi connectivity index (χ0) is 9.64. The highest BCUT2D eigenvalue weighted by Gasteiger charge is 2.38. The van der Waals surface area contributed by atoms with Gasteiger partial charge in [-0.25, -0.2) is 0 Å². The topological polar surface area (TPSA) is 29.1 Å². The van der Waals surface area contributed by atoms with E-state index in [4.69, 9.17) is 0 Å². The molecule has 0 saturated carbocycles. The molecule has 1 amide bonds. The summed E-state index contributed by atoms with van der Waals surface area (Å²) in [7, 11) is 0. The van der Waals surface area contributed by atoms with Gasteiger partial charge in [0.05, 0.1) is 5.41 Å². The third-order valence-corrected chi connectivity index (χ3v) is 2.77. The minimum Gasteiger partial charge on any atom is -0.325 e. The first-order chi connectivity index (χ1) is 6.01. The molecule has 1 aromatic rings. The molecule has 2 rings (SSSR count). The summed E-state index contributed by atoms with van der Waals surface area (Å²) in [5.41, 5.74) is 1.52. The summed E-state index contributed by atoms with van der Waals surface area (Å²) in [6, 6.07) is 5.71. The Bertz CT molecular complexity index is 385. The van der Waals surface area contributed by atoms with Gasteiger partial charge in [-0.15, -0.1) is 12.6 Å². The molecule has 0 aliphatic carbocycles. The lowest BCUT2D eigenvalue weighted by molar-refractivity contribution is -0.119. The van der Waals surface area contributed by atoms with Crippen LogP contribution in [0.4, 0.5) is 5.69 Å². The van der Waals surface area contributed by atoms with E-state index in [1.807, 2.05) is 32.0 Å². The van der Waals surface area contributed by atoms with Crippen molar-refractivity contribution in [1.82, 2.24) is 0 Å². The average Bonchev–Trinajstić information content (AvgIpc) is 2.27. The second-order valence-electron chi connectivity index (χ2n) is 3.81. The fourth-order valence-corrected chi connectivity index (χ4v) is 1.76. The molecular weight excluding hydrogens is 182 g/mol. The van der Waals surface area contributed by atoms with Crippen LogP contribution in [-0.2, 0) is 10.2 Å². The Hall–Kier alpha value is -0.960. The predicted molar refractivity (Wildman–Crippen MR) is 55.3 cm³/mol. The molecule has 0 unspecified atom stereocenters. The number of thiol groups is 1. The maximum Gasteiger partial charge on any atom is 0.234 e. The van der Waals surface area contributed by atoms with E-state index in [1.165, 1.54) is 0 Å². The number of carbonyl (C=O) groups is 1. The summed E-state index contributed by atoms with van der Waals surface area (Å²) in [6.07, 6.45) is 0. The van der Waals surface area contributed by atoms with Crippen LogP contribution in [0, 0.1) is 0 Å². The zero-order valence-corrected chi connectivity index (χ0v) is 8.48. The largest absolute Gasteiger partial charge is 0.325 e. The predicted octanol–water partition coefficient (Wildman–Crippen LogP) is 2.21. The van der Waals surface area contributed by atoms with Crippen molar-refractivity contribution in [2.75, 3.05) is 5.32 Å². The lowest BCUT2D eigenvalue weighted by Gasteiger charge is -2.14. The average molecular weight is 193 g/mol. The second kappa shape index (κ2) is 2.51. The summed E-state index contributed by atoms with van der Waals surface area (Å²) in [4.78, 5) is 12.4. The van der Waals surface area contributed by atoms with E-state index in [-0.39, 0.29) is 5.91 Å². The van der Waals surface area contributed by atoms with Crippen molar-refractivity contribution in [1.29, 1.82) is 0 Å². The molecule has 1 heterocycles. The van der Waals surface area contributed by atoms with E-state index in [1.54, 1.807) is 0 Å². The standard InChI is InChI=1S/C10H11NOS/c1-10(2)7-5-6(13)3-4-8(7)11-9(10)12/h3-5,13H,1-2H3,(H,11,12). The molecular formula is C10H11NOS. The first-order valence-electron chi connectivity index (χ1n) is 4.17. The van der Waals surface area contributed by atoms with Crippen LogP contribution in [-0.4, -0.2) is 5.91 Å². The van der Waals surface area contributed by atoms with Gasteiger partial charge in [-0.2, -0.15) is 0 Å². The van der Waals surface area contributed by atoms with Crippen molar-refractivity contribution < 1.29 is 4.79 Å². The van der Waals surface area contributed by atoms with Crippen LogP contribution in [0.25, 0.3) is 0 Å². The highest BCUT2D eigenvalue weighted by atomic mass is 32.1. The molecule has 0 aromatic heterocycles. The smallest absolute Gasteiger partial charge is 0.234 e. The van der Waals surface area contributed by atoms with Crippen molar-refractivity contribution in [3.63, 3.8) is 0 Å². The van der Waals surface area contributed by atoms with Gasteiger partial charge in [0.25, 0.3) is 0 Å². The van der Waals surface area contributed by atoms with Crippen LogP contribution in [0.15, 0.2) is 23.1 Å². The number of rotatable bonds is 0. The van der Waals surface area contributed by atoms with Crippen molar-refractivity contribution >= 4 is 24.2 Å². The van der Waals surface area contributed by atoms with Gasteiger partial charge in [0.15, 0.2) is 0 Å². The third-order valence-electron chi connectivity index (χ3n) is 2.49. The molecule has 0 fully saturated rings. The van der Waals surface area contributed by atoms with Gasteiger partial charge >= 0.3 is 0 Å². The van der Waals surface area contributed by atoms with E-state index in [9.17, 15) is 4.79 Å². The fourth-order valence-electron chi connectivity index (χ4n) is 1.56. The molecule has 1 N–H and O–H groups in total. The number of nitrogens with one attached hydrogen (secondary N) is 1. The van der Waals surface area contributed by atoms with E-state index < -0.39 is 5.41 Å². The van der Waals surface area contributed by atoms with Gasteiger partial charge in [-0.05, 0) is 37.6 Å². The van der Waals surface area contributed by atoms with Crippen LogP contribution >= 0.6 is 12.6 Å². The number of amides is 1. The fraction of sp³-hybridized carbons (Fsp3) is 0.300. The SMILES string of the molecule is CC1(C)C(=O)Nc2ccc(S)cc21. The summed E-state index contributed by atoms with van der Waals surface area (Å²) >= 11 is 4.25. The number of benzene rings is 1. The Labute approximate surface area is 82.8 Å². The minimum atomic E-state index is -0.423. The molecule has 0 atom stereocenters. The first kappa shape index (κ1) is 8.63. The van der Waals surface area contributed by atoms with Gasteiger partial charge in [0.1, 0.15) is 0 Å². The van der Waals surface area contributed by atoms with E-state index in [0.717, 1.165) is 16.1 Å². The van der Waals surface area contributed by atoms with Crippen molar-refractivity contribution in [2.45, 2.75) is 24.2 Å². The first-order valence-corrected chi connectivity index (χ1v) is 4.61. The summed E-state index contributed by atoms with van der Waals surface area (Å²) in [6.45, 7) is 3.84. The molecule has 1 aliphatic heterocycles. The molecule has 13 heavy (non-hydrogen) atoms. The zero-order valence-electron chi connectivity index (χ0n) is 7.59. The Balaban J connectivity index is 2.64. The van der Waals surface area contributed by atoms with Crippen LogP contribution < -0.4 is 5.32 Å². The highest BCUT2D eigenvalue weighted by molar-refractivity contribution is 7.80. The van der Waals surface area contributed by atoms with Gasteiger partial charge in [-0.1, -0.05) is 0 Å². The highest BCUT2D eigenvalue weighted by Crippen LogP contribution is 2.38. The van der Waals surface area contributed by atoms with E-state index >= 15 is 0 Å².